The lowest BCUT2D eigenvalue weighted by Crippen LogP contribution is -2.22. The van der Waals surface area contributed by atoms with Crippen LogP contribution in [0, 0.1) is 5.92 Å². The van der Waals surface area contributed by atoms with Gasteiger partial charge in [-0.15, -0.1) is 0 Å². The number of ether oxygens (including phenoxy) is 1. The zero-order chi connectivity index (χ0) is 6.85. The van der Waals surface area contributed by atoms with Crippen molar-refractivity contribution in [3.63, 3.8) is 0 Å². The van der Waals surface area contributed by atoms with E-state index in [9.17, 15) is 4.39 Å². The Labute approximate surface area is 55.2 Å². The molecule has 0 radical (unpaired) electrons. The molecule has 54 valence electrons. The average Bonchev–Trinajstić information content (AvgIpc) is 2.13. The summed E-state index contributed by atoms with van der Waals surface area (Å²) in [6, 6.07) is 0. The summed E-state index contributed by atoms with van der Waals surface area (Å²) in [6.45, 7) is 4.58. The first-order valence-electron chi connectivity index (χ1n) is 3.47. The first-order chi connectivity index (χ1) is 4.22. The highest BCUT2D eigenvalue weighted by Gasteiger charge is 2.29. The van der Waals surface area contributed by atoms with E-state index in [1.807, 2.05) is 13.8 Å². The van der Waals surface area contributed by atoms with Crippen LogP contribution in [0.2, 0.25) is 0 Å². The van der Waals surface area contributed by atoms with Crippen LogP contribution < -0.4 is 0 Å². The molecule has 1 aliphatic heterocycles. The van der Waals surface area contributed by atoms with Gasteiger partial charge in [0.25, 0.3) is 0 Å². The van der Waals surface area contributed by atoms with Crippen molar-refractivity contribution in [1.82, 2.24) is 0 Å². The van der Waals surface area contributed by atoms with Gasteiger partial charge in [0.2, 0.25) is 0 Å². The molecular formula is C7H13FO. The standard InChI is InChI=1S/C7H13FO/c1-5(2)7-6(8)3-4-9-7/h5-7H,3-4H2,1-2H3. The first-order valence-corrected chi connectivity index (χ1v) is 3.47. The van der Waals surface area contributed by atoms with E-state index in [-0.39, 0.29) is 6.10 Å². The van der Waals surface area contributed by atoms with Gasteiger partial charge in [0.1, 0.15) is 6.17 Å². The van der Waals surface area contributed by atoms with E-state index in [4.69, 9.17) is 4.74 Å². The van der Waals surface area contributed by atoms with Crippen LogP contribution in [0.25, 0.3) is 0 Å². The van der Waals surface area contributed by atoms with Crippen molar-refractivity contribution in [2.45, 2.75) is 32.5 Å². The van der Waals surface area contributed by atoms with Crippen molar-refractivity contribution in [2.24, 2.45) is 5.92 Å². The lowest BCUT2D eigenvalue weighted by molar-refractivity contribution is 0.0429. The fourth-order valence-corrected chi connectivity index (χ4v) is 1.20. The smallest absolute Gasteiger partial charge is 0.129 e. The highest BCUT2D eigenvalue weighted by Crippen LogP contribution is 2.22. The molecule has 0 saturated carbocycles. The minimum atomic E-state index is -0.718. The second-order valence-corrected chi connectivity index (χ2v) is 2.88. The van der Waals surface area contributed by atoms with Gasteiger partial charge in [0.05, 0.1) is 6.10 Å². The molecule has 1 saturated heterocycles. The van der Waals surface area contributed by atoms with Crippen molar-refractivity contribution < 1.29 is 9.13 Å². The van der Waals surface area contributed by atoms with Crippen LogP contribution >= 0.6 is 0 Å². The molecule has 2 atom stereocenters. The van der Waals surface area contributed by atoms with Gasteiger partial charge in [-0.1, -0.05) is 13.8 Å². The molecule has 0 N–H and O–H groups in total. The van der Waals surface area contributed by atoms with E-state index in [0.717, 1.165) is 0 Å². The van der Waals surface area contributed by atoms with Crippen LogP contribution in [0.3, 0.4) is 0 Å². The van der Waals surface area contributed by atoms with Gasteiger partial charge in [-0.2, -0.15) is 0 Å². The summed E-state index contributed by atoms with van der Waals surface area (Å²) >= 11 is 0. The molecule has 1 nitrogen and oxygen atoms in total. The Balaban J connectivity index is 2.40. The van der Waals surface area contributed by atoms with Crippen molar-refractivity contribution >= 4 is 0 Å². The van der Waals surface area contributed by atoms with Crippen molar-refractivity contribution in [1.29, 1.82) is 0 Å². The second-order valence-electron chi connectivity index (χ2n) is 2.88. The van der Waals surface area contributed by atoms with Crippen molar-refractivity contribution in [3.05, 3.63) is 0 Å². The minimum absolute atomic E-state index is 0.134. The van der Waals surface area contributed by atoms with Crippen LogP contribution in [0.15, 0.2) is 0 Å². The minimum Gasteiger partial charge on any atom is -0.375 e. The van der Waals surface area contributed by atoms with Crippen LogP contribution in [-0.2, 0) is 4.74 Å². The number of halogens is 1. The summed E-state index contributed by atoms with van der Waals surface area (Å²) in [4.78, 5) is 0. The van der Waals surface area contributed by atoms with E-state index >= 15 is 0 Å². The van der Waals surface area contributed by atoms with Crippen LogP contribution in [0.4, 0.5) is 4.39 Å². The fraction of sp³-hybridized carbons (Fsp3) is 1.00. The topological polar surface area (TPSA) is 9.23 Å². The van der Waals surface area contributed by atoms with Crippen LogP contribution in [0.1, 0.15) is 20.3 Å². The molecule has 1 heterocycles. The molecule has 0 bridgehead atoms. The van der Waals surface area contributed by atoms with E-state index in [1.54, 1.807) is 0 Å². The maximum atomic E-state index is 12.7. The SMILES string of the molecule is CC(C)C1OCCC1F. The van der Waals surface area contributed by atoms with E-state index in [0.29, 0.717) is 18.9 Å². The third-order valence-electron chi connectivity index (χ3n) is 1.72. The Morgan fingerprint density at radius 3 is 2.44 bits per heavy atom. The van der Waals surface area contributed by atoms with Gasteiger partial charge in [-0.25, -0.2) is 4.39 Å². The predicted molar refractivity (Wildman–Crippen MR) is 34.1 cm³/mol. The molecule has 2 unspecified atom stereocenters. The maximum absolute atomic E-state index is 12.7. The van der Waals surface area contributed by atoms with Gasteiger partial charge in [-0.05, 0) is 5.92 Å². The summed E-state index contributed by atoms with van der Waals surface area (Å²) in [5, 5.41) is 0. The Kier molecular flexibility index (Phi) is 2.06. The lowest BCUT2D eigenvalue weighted by Gasteiger charge is -2.15. The van der Waals surface area contributed by atoms with Gasteiger partial charge in [0.15, 0.2) is 0 Å². The molecule has 0 aliphatic carbocycles. The fourth-order valence-electron chi connectivity index (χ4n) is 1.20. The lowest BCUT2D eigenvalue weighted by atomic mass is 10.0. The summed E-state index contributed by atoms with van der Waals surface area (Å²) in [5.41, 5.74) is 0. The molecule has 1 fully saturated rings. The van der Waals surface area contributed by atoms with E-state index in [2.05, 4.69) is 0 Å². The molecule has 1 rings (SSSR count). The van der Waals surface area contributed by atoms with E-state index in [1.165, 1.54) is 0 Å². The third kappa shape index (κ3) is 1.42. The molecule has 9 heavy (non-hydrogen) atoms. The summed E-state index contributed by atoms with van der Waals surface area (Å²) in [5.74, 6) is 0.322. The van der Waals surface area contributed by atoms with Gasteiger partial charge >= 0.3 is 0 Å². The molecule has 0 aromatic carbocycles. The second kappa shape index (κ2) is 2.65. The Hall–Kier alpha value is -0.110. The monoisotopic (exact) mass is 132 g/mol. The Morgan fingerprint density at radius 2 is 2.22 bits per heavy atom. The Morgan fingerprint density at radius 1 is 1.56 bits per heavy atom. The number of rotatable bonds is 1. The molecule has 0 amide bonds. The highest BCUT2D eigenvalue weighted by atomic mass is 19.1. The molecule has 1 aliphatic rings. The Bertz CT molecular complexity index is 92.9. The molecular weight excluding hydrogens is 119 g/mol. The predicted octanol–water partition coefficient (Wildman–Crippen LogP) is 1.77. The average molecular weight is 132 g/mol. The van der Waals surface area contributed by atoms with Crippen LogP contribution in [0.5, 0.6) is 0 Å². The quantitative estimate of drug-likeness (QED) is 0.528. The summed E-state index contributed by atoms with van der Waals surface area (Å²) in [6.07, 6.45) is -0.266. The van der Waals surface area contributed by atoms with E-state index < -0.39 is 6.17 Å². The number of alkyl halides is 1. The van der Waals surface area contributed by atoms with Crippen molar-refractivity contribution in [3.8, 4) is 0 Å². The summed E-state index contributed by atoms with van der Waals surface area (Å²) in [7, 11) is 0. The van der Waals surface area contributed by atoms with Gasteiger partial charge < -0.3 is 4.74 Å². The summed E-state index contributed by atoms with van der Waals surface area (Å²) < 4.78 is 17.9. The highest BCUT2D eigenvalue weighted by molar-refractivity contribution is 4.77. The first kappa shape index (κ1) is 7.00. The van der Waals surface area contributed by atoms with Crippen LogP contribution in [-0.4, -0.2) is 18.9 Å². The number of hydrogen-bond donors (Lipinski definition) is 0. The normalized spacial score (nSPS) is 36.0. The molecule has 0 aromatic rings. The zero-order valence-electron chi connectivity index (χ0n) is 5.93. The maximum Gasteiger partial charge on any atom is 0.129 e. The van der Waals surface area contributed by atoms with Gasteiger partial charge in [-0.3, -0.25) is 0 Å². The van der Waals surface area contributed by atoms with Crippen molar-refractivity contribution in [2.75, 3.05) is 6.61 Å². The molecule has 0 spiro atoms. The largest absolute Gasteiger partial charge is 0.375 e. The third-order valence-corrected chi connectivity index (χ3v) is 1.72. The van der Waals surface area contributed by atoms with Gasteiger partial charge in [0, 0.05) is 13.0 Å². The molecule has 2 heteroatoms. The zero-order valence-corrected chi connectivity index (χ0v) is 5.93. The number of hydrogen-bond acceptors (Lipinski definition) is 1. The molecule has 0 aromatic heterocycles.